The molecule has 0 radical (unpaired) electrons. The van der Waals surface area contributed by atoms with Crippen LogP contribution in [0.15, 0.2) is 24.3 Å². The molecule has 8 heteroatoms. The van der Waals surface area contributed by atoms with Crippen LogP contribution in [0.3, 0.4) is 0 Å². The maximum Gasteiger partial charge on any atom is 0.408 e. The molecule has 3 atom stereocenters. The molecule has 0 aliphatic rings. The molecule has 1 aromatic rings. The van der Waals surface area contributed by atoms with Crippen molar-refractivity contribution in [3.8, 4) is 12.3 Å². The summed E-state index contributed by atoms with van der Waals surface area (Å²) in [7, 11) is 0. The summed E-state index contributed by atoms with van der Waals surface area (Å²) in [5.74, 6) is 1.60. The minimum absolute atomic E-state index is 0.119. The molecule has 3 amide bonds. The number of aliphatic hydroxyl groups excluding tert-OH is 1. The van der Waals surface area contributed by atoms with Crippen molar-refractivity contribution in [3.05, 3.63) is 35.4 Å². The number of aliphatic hydroxyl groups is 1. The Balaban J connectivity index is 3.34. The van der Waals surface area contributed by atoms with Crippen LogP contribution in [-0.2, 0) is 14.3 Å². The molecule has 33 heavy (non-hydrogen) atoms. The van der Waals surface area contributed by atoms with Crippen molar-refractivity contribution in [2.75, 3.05) is 13.2 Å². The third-order valence-electron chi connectivity index (χ3n) is 4.81. The summed E-state index contributed by atoms with van der Waals surface area (Å²) in [6.07, 6.45) is 6.55. The number of ether oxygens (including phenoxy) is 1. The van der Waals surface area contributed by atoms with Crippen LogP contribution >= 0.6 is 0 Å². The number of carbonyl (C=O) groups excluding carboxylic acids is 3. The summed E-state index contributed by atoms with van der Waals surface area (Å²) in [5, 5.41) is 15.1. The second-order valence-electron chi connectivity index (χ2n) is 8.96. The van der Waals surface area contributed by atoms with Gasteiger partial charge in [-0.25, -0.2) is 4.79 Å². The first-order chi connectivity index (χ1) is 15.4. The monoisotopic (exact) mass is 459 g/mol. The van der Waals surface area contributed by atoms with Crippen molar-refractivity contribution in [2.24, 2.45) is 0 Å². The van der Waals surface area contributed by atoms with Crippen LogP contribution in [0.25, 0.3) is 0 Å². The second-order valence-corrected chi connectivity index (χ2v) is 8.96. The Morgan fingerprint density at radius 2 is 1.82 bits per heavy atom. The van der Waals surface area contributed by atoms with Gasteiger partial charge in [0.1, 0.15) is 17.7 Å². The van der Waals surface area contributed by atoms with E-state index in [1.165, 1.54) is 11.8 Å². The van der Waals surface area contributed by atoms with E-state index in [4.69, 9.17) is 11.2 Å². The fraction of sp³-hybridized carbons (Fsp3) is 0.560. The van der Waals surface area contributed by atoms with Gasteiger partial charge in [0.25, 0.3) is 0 Å². The Bertz CT molecular complexity index is 856. The largest absolute Gasteiger partial charge is 0.444 e. The quantitative estimate of drug-likeness (QED) is 0.466. The van der Waals surface area contributed by atoms with Gasteiger partial charge in [-0.15, -0.1) is 6.42 Å². The lowest BCUT2D eigenvalue weighted by molar-refractivity contribution is -0.143. The summed E-state index contributed by atoms with van der Waals surface area (Å²) in [6, 6.07) is 4.65. The number of hydrogen-bond acceptors (Lipinski definition) is 5. The SMILES string of the molecule is C#Cc1ccccc1C(C(=O)NC(C)CCC)N(CCO)C(=O)C(C)NC(=O)OC(C)(C)C. The third kappa shape index (κ3) is 8.78. The van der Waals surface area contributed by atoms with E-state index in [-0.39, 0.29) is 19.2 Å². The van der Waals surface area contributed by atoms with Crippen molar-refractivity contribution in [1.29, 1.82) is 0 Å². The second kappa shape index (κ2) is 12.9. The fourth-order valence-electron chi connectivity index (χ4n) is 3.41. The molecule has 0 saturated carbocycles. The predicted molar refractivity (Wildman–Crippen MR) is 127 cm³/mol. The Hall–Kier alpha value is -3.05. The molecule has 3 N–H and O–H groups in total. The number of hydrogen-bond donors (Lipinski definition) is 3. The van der Waals surface area contributed by atoms with Crippen molar-refractivity contribution in [3.63, 3.8) is 0 Å². The van der Waals surface area contributed by atoms with Gasteiger partial charge in [-0.2, -0.15) is 0 Å². The van der Waals surface area contributed by atoms with Crippen LogP contribution in [0, 0.1) is 12.3 Å². The van der Waals surface area contributed by atoms with Crippen LogP contribution < -0.4 is 10.6 Å². The minimum Gasteiger partial charge on any atom is -0.444 e. The first kappa shape index (κ1) is 28.0. The standard InChI is InChI=1S/C25H37N3O5/c1-8-12-17(3)26-22(30)21(20-14-11-10-13-19(20)9-2)28(15-16-29)23(31)18(4)27-24(32)33-25(5,6)7/h2,10-11,13-14,17-18,21,29H,8,12,15-16H2,1,3-7H3,(H,26,30)(H,27,32). The summed E-state index contributed by atoms with van der Waals surface area (Å²) in [5.41, 5.74) is 0.193. The van der Waals surface area contributed by atoms with Crippen molar-refractivity contribution in [2.45, 2.75) is 78.1 Å². The Labute approximate surface area is 197 Å². The third-order valence-corrected chi connectivity index (χ3v) is 4.81. The van der Waals surface area contributed by atoms with E-state index in [1.807, 2.05) is 13.8 Å². The van der Waals surface area contributed by atoms with E-state index in [9.17, 15) is 19.5 Å². The maximum absolute atomic E-state index is 13.4. The van der Waals surface area contributed by atoms with Gasteiger partial charge in [-0.1, -0.05) is 37.5 Å². The van der Waals surface area contributed by atoms with Crippen molar-refractivity contribution < 1.29 is 24.2 Å². The van der Waals surface area contributed by atoms with Gasteiger partial charge in [0, 0.05) is 18.2 Å². The van der Waals surface area contributed by atoms with Gasteiger partial charge >= 0.3 is 6.09 Å². The van der Waals surface area contributed by atoms with Crippen LogP contribution in [-0.4, -0.2) is 58.8 Å². The van der Waals surface area contributed by atoms with E-state index < -0.39 is 35.6 Å². The number of carbonyl (C=O) groups is 3. The minimum atomic E-state index is -1.08. The number of nitrogens with zero attached hydrogens (tertiary/aromatic N) is 1. The lowest BCUT2D eigenvalue weighted by atomic mass is 9.97. The number of benzene rings is 1. The van der Waals surface area contributed by atoms with Crippen molar-refractivity contribution in [1.82, 2.24) is 15.5 Å². The zero-order chi connectivity index (χ0) is 25.2. The molecule has 1 rings (SSSR count). The highest BCUT2D eigenvalue weighted by Crippen LogP contribution is 2.26. The van der Waals surface area contributed by atoms with Gasteiger partial charge in [0.2, 0.25) is 11.8 Å². The molecule has 182 valence electrons. The van der Waals surface area contributed by atoms with Crippen molar-refractivity contribution >= 4 is 17.9 Å². The first-order valence-electron chi connectivity index (χ1n) is 11.2. The topological polar surface area (TPSA) is 108 Å². The molecular formula is C25H37N3O5. The molecule has 0 aliphatic carbocycles. The van der Waals surface area contributed by atoms with Gasteiger partial charge < -0.3 is 25.4 Å². The zero-order valence-corrected chi connectivity index (χ0v) is 20.5. The van der Waals surface area contributed by atoms with Gasteiger partial charge in [0.15, 0.2) is 0 Å². The van der Waals surface area contributed by atoms with Gasteiger partial charge in [0.05, 0.1) is 6.61 Å². The summed E-state index contributed by atoms with van der Waals surface area (Å²) in [6.45, 7) is 10.0. The average Bonchev–Trinajstić information content (AvgIpc) is 2.71. The molecule has 0 heterocycles. The van der Waals surface area contributed by atoms with Gasteiger partial charge in [-0.3, -0.25) is 9.59 Å². The first-order valence-corrected chi connectivity index (χ1v) is 11.2. The molecular weight excluding hydrogens is 422 g/mol. The molecule has 0 spiro atoms. The van der Waals surface area contributed by atoms with Crippen LogP contribution in [0.5, 0.6) is 0 Å². The number of rotatable bonds is 10. The van der Waals surface area contributed by atoms with E-state index >= 15 is 0 Å². The van der Waals surface area contributed by atoms with E-state index in [0.29, 0.717) is 11.1 Å². The van der Waals surface area contributed by atoms with Crippen LogP contribution in [0.1, 0.15) is 71.6 Å². The fourth-order valence-corrected chi connectivity index (χ4v) is 3.41. The number of nitrogens with one attached hydrogen (secondary N) is 2. The van der Waals surface area contributed by atoms with Gasteiger partial charge in [-0.05, 0) is 52.7 Å². The molecule has 0 aromatic heterocycles. The lowest BCUT2D eigenvalue weighted by Gasteiger charge is -2.34. The summed E-state index contributed by atoms with van der Waals surface area (Å²) in [4.78, 5) is 40.2. The molecule has 1 aromatic carbocycles. The van der Waals surface area contributed by atoms with E-state index in [1.54, 1.807) is 45.0 Å². The molecule has 8 nitrogen and oxygen atoms in total. The summed E-state index contributed by atoms with van der Waals surface area (Å²) < 4.78 is 5.23. The average molecular weight is 460 g/mol. The number of alkyl carbamates (subject to hydrolysis) is 1. The normalized spacial score (nSPS) is 13.8. The molecule has 0 fully saturated rings. The lowest BCUT2D eigenvalue weighted by Crippen LogP contribution is -2.53. The number of terminal acetylenes is 1. The van der Waals surface area contributed by atoms with E-state index in [0.717, 1.165) is 12.8 Å². The zero-order valence-electron chi connectivity index (χ0n) is 20.5. The molecule has 0 saturated heterocycles. The van der Waals surface area contributed by atoms with E-state index in [2.05, 4.69) is 16.6 Å². The number of amides is 3. The maximum atomic E-state index is 13.4. The highest BCUT2D eigenvalue weighted by Gasteiger charge is 2.35. The predicted octanol–water partition coefficient (Wildman–Crippen LogP) is 2.75. The van der Waals surface area contributed by atoms with Crippen LogP contribution in [0.4, 0.5) is 4.79 Å². The highest BCUT2D eigenvalue weighted by molar-refractivity contribution is 5.92. The Morgan fingerprint density at radius 1 is 1.18 bits per heavy atom. The Morgan fingerprint density at radius 3 is 2.36 bits per heavy atom. The van der Waals surface area contributed by atoms with Crippen LogP contribution in [0.2, 0.25) is 0 Å². The summed E-state index contributed by atoms with van der Waals surface area (Å²) >= 11 is 0. The molecule has 0 aliphatic heterocycles. The molecule has 0 bridgehead atoms. The highest BCUT2D eigenvalue weighted by atomic mass is 16.6. The smallest absolute Gasteiger partial charge is 0.408 e. The Kier molecular flexibility index (Phi) is 10.9. The molecule has 3 unspecified atom stereocenters.